The summed E-state index contributed by atoms with van der Waals surface area (Å²) < 4.78 is 6.22. The summed E-state index contributed by atoms with van der Waals surface area (Å²) in [5.41, 5.74) is 0. The number of hydrogen-bond acceptors (Lipinski definition) is 3. The van der Waals surface area contributed by atoms with Gasteiger partial charge in [-0.25, -0.2) is 0 Å². The van der Waals surface area contributed by atoms with E-state index in [1.807, 2.05) is 11.3 Å². The zero-order chi connectivity index (χ0) is 12.3. The van der Waals surface area contributed by atoms with Crippen molar-refractivity contribution in [2.75, 3.05) is 26.8 Å². The zero-order valence-corrected chi connectivity index (χ0v) is 12.9. The molecular weight excluding hydrogens is 298 g/mol. The van der Waals surface area contributed by atoms with Crippen molar-refractivity contribution < 1.29 is 4.74 Å². The van der Waals surface area contributed by atoms with E-state index in [1.54, 1.807) is 7.11 Å². The predicted octanol–water partition coefficient (Wildman–Crippen LogP) is 3.85. The van der Waals surface area contributed by atoms with Gasteiger partial charge in [-0.05, 0) is 53.9 Å². The van der Waals surface area contributed by atoms with E-state index in [2.05, 4.69) is 33.4 Å². The number of hydrogen-bond donors (Lipinski definition) is 1. The Kier molecular flexibility index (Phi) is 8.97. The predicted molar refractivity (Wildman–Crippen MR) is 78.9 cm³/mol. The van der Waals surface area contributed by atoms with E-state index in [0.29, 0.717) is 0 Å². The molecule has 0 unspecified atom stereocenters. The Morgan fingerprint density at radius 2 is 2.00 bits per heavy atom. The highest BCUT2D eigenvalue weighted by Crippen LogP contribution is 2.23. The SMILES string of the molecule is COCCNCCCCCCc1ccc(Br)s1. The van der Waals surface area contributed by atoms with Crippen molar-refractivity contribution in [2.45, 2.75) is 32.1 Å². The van der Waals surface area contributed by atoms with Gasteiger partial charge in [0.15, 0.2) is 0 Å². The smallest absolute Gasteiger partial charge is 0.0701 e. The molecule has 0 aliphatic carbocycles. The number of rotatable bonds is 10. The van der Waals surface area contributed by atoms with Gasteiger partial charge in [0.05, 0.1) is 10.4 Å². The van der Waals surface area contributed by atoms with Crippen molar-refractivity contribution in [2.24, 2.45) is 0 Å². The Bertz CT molecular complexity index is 291. The van der Waals surface area contributed by atoms with Crippen LogP contribution in [0.1, 0.15) is 30.6 Å². The molecule has 0 amide bonds. The number of halogens is 1. The molecule has 1 N–H and O–H groups in total. The van der Waals surface area contributed by atoms with Gasteiger partial charge < -0.3 is 10.1 Å². The minimum absolute atomic E-state index is 0.813. The van der Waals surface area contributed by atoms with Crippen LogP contribution in [-0.4, -0.2) is 26.8 Å². The normalized spacial score (nSPS) is 10.9. The number of unbranched alkanes of at least 4 members (excludes halogenated alkanes) is 3. The first-order valence-corrected chi connectivity index (χ1v) is 7.87. The Morgan fingerprint density at radius 1 is 1.18 bits per heavy atom. The van der Waals surface area contributed by atoms with Crippen LogP contribution in [0.25, 0.3) is 0 Å². The lowest BCUT2D eigenvalue weighted by Gasteiger charge is -2.03. The van der Waals surface area contributed by atoms with Crippen LogP contribution in [0, 0.1) is 0 Å². The van der Waals surface area contributed by atoms with E-state index in [1.165, 1.54) is 40.8 Å². The number of nitrogens with one attached hydrogen (secondary N) is 1. The lowest BCUT2D eigenvalue weighted by Crippen LogP contribution is -2.20. The Hall–Kier alpha value is 0.1000. The minimum atomic E-state index is 0.813. The zero-order valence-electron chi connectivity index (χ0n) is 10.5. The fraction of sp³-hybridized carbons (Fsp3) is 0.692. The molecule has 0 radical (unpaired) electrons. The number of thiophene rings is 1. The van der Waals surface area contributed by atoms with E-state index >= 15 is 0 Å². The number of aryl methyl sites for hydroxylation is 1. The molecule has 0 spiro atoms. The molecule has 0 saturated carbocycles. The molecule has 17 heavy (non-hydrogen) atoms. The van der Waals surface area contributed by atoms with E-state index in [9.17, 15) is 0 Å². The maximum atomic E-state index is 4.97. The number of methoxy groups -OCH3 is 1. The van der Waals surface area contributed by atoms with Crippen molar-refractivity contribution in [3.8, 4) is 0 Å². The summed E-state index contributed by atoms with van der Waals surface area (Å²) in [4.78, 5) is 1.50. The molecule has 1 heterocycles. The first-order valence-electron chi connectivity index (χ1n) is 6.27. The standard InChI is InChI=1S/C13H22BrNOS/c1-16-11-10-15-9-5-3-2-4-6-12-7-8-13(14)17-12/h7-8,15H,2-6,9-11H2,1H3. The second-order valence-electron chi connectivity index (χ2n) is 4.11. The fourth-order valence-electron chi connectivity index (χ4n) is 1.69. The van der Waals surface area contributed by atoms with Crippen LogP contribution in [0.4, 0.5) is 0 Å². The van der Waals surface area contributed by atoms with E-state index in [0.717, 1.165) is 19.7 Å². The van der Waals surface area contributed by atoms with Gasteiger partial charge in [0.25, 0.3) is 0 Å². The lowest BCUT2D eigenvalue weighted by molar-refractivity contribution is 0.199. The van der Waals surface area contributed by atoms with Crippen LogP contribution in [0.5, 0.6) is 0 Å². The highest BCUT2D eigenvalue weighted by atomic mass is 79.9. The Labute approximate surface area is 117 Å². The summed E-state index contributed by atoms with van der Waals surface area (Å²) in [5, 5.41) is 3.37. The molecule has 0 aliphatic rings. The summed E-state index contributed by atoms with van der Waals surface area (Å²) in [6.07, 6.45) is 6.48. The second-order valence-corrected chi connectivity index (χ2v) is 6.66. The van der Waals surface area contributed by atoms with Crippen LogP contribution < -0.4 is 5.32 Å². The van der Waals surface area contributed by atoms with Gasteiger partial charge in [-0.15, -0.1) is 11.3 Å². The molecule has 0 aromatic carbocycles. The van der Waals surface area contributed by atoms with Gasteiger partial charge in [-0.2, -0.15) is 0 Å². The van der Waals surface area contributed by atoms with Crippen LogP contribution in [-0.2, 0) is 11.2 Å². The maximum absolute atomic E-state index is 4.97. The van der Waals surface area contributed by atoms with Gasteiger partial charge in [-0.3, -0.25) is 0 Å². The van der Waals surface area contributed by atoms with Crippen molar-refractivity contribution in [3.05, 3.63) is 20.8 Å². The van der Waals surface area contributed by atoms with Crippen molar-refractivity contribution in [1.29, 1.82) is 0 Å². The molecule has 98 valence electrons. The van der Waals surface area contributed by atoms with Crippen molar-refractivity contribution in [1.82, 2.24) is 5.32 Å². The van der Waals surface area contributed by atoms with Crippen molar-refractivity contribution in [3.63, 3.8) is 0 Å². The molecule has 0 atom stereocenters. The van der Waals surface area contributed by atoms with Crippen LogP contribution >= 0.6 is 27.3 Å². The summed E-state index contributed by atoms with van der Waals surface area (Å²) in [5.74, 6) is 0. The third-order valence-corrected chi connectivity index (χ3v) is 4.32. The van der Waals surface area contributed by atoms with Crippen molar-refractivity contribution >= 4 is 27.3 Å². The molecule has 1 rings (SSSR count). The Morgan fingerprint density at radius 3 is 2.71 bits per heavy atom. The first kappa shape index (κ1) is 15.2. The molecule has 0 saturated heterocycles. The third kappa shape index (κ3) is 7.92. The van der Waals surface area contributed by atoms with Crippen LogP contribution in [0.15, 0.2) is 15.9 Å². The summed E-state index contributed by atoms with van der Waals surface area (Å²) in [7, 11) is 1.74. The van der Waals surface area contributed by atoms with Crippen LogP contribution in [0.3, 0.4) is 0 Å². The fourth-order valence-corrected chi connectivity index (χ4v) is 3.21. The molecule has 0 fully saturated rings. The lowest BCUT2D eigenvalue weighted by atomic mass is 10.1. The molecule has 0 bridgehead atoms. The first-order chi connectivity index (χ1) is 8.33. The minimum Gasteiger partial charge on any atom is -0.383 e. The highest BCUT2D eigenvalue weighted by molar-refractivity contribution is 9.11. The monoisotopic (exact) mass is 319 g/mol. The van der Waals surface area contributed by atoms with Gasteiger partial charge in [-0.1, -0.05) is 12.8 Å². The van der Waals surface area contributed by atoms with Gasteiger partial charge in [0, 0.05) is 18.5 Å². The third-order valence-electron chi connectivity index (χ3n) is 2.64. The topological polar surface area (TPSA) is 21.3 Å². The summed E-state index contributed by atoms with van der Waals surface area (Å²) >= 11 is 5.35. The molecule has 1 aromatic heterocycles. The number of ether oxygens (including phenoxy) is 1. The quantitative estimate of drug-likeness (QED) is 0.661. The Balaban J connectivity index is 1.84. The van der Waals surface area contributed by atoms with Gasteiger partial charge >= 0.3 is 0 Å². The maximum Gasteiger partial charge on any atom is 0.0701 e. The molecular formula is C13H22BrNOS. The molecule has 0 aliphatic heterocycles. The summed E-state index contributed by atoms with van der Waals surface area (Å²) in [6.45, 7) is 2.90. The molecule has 4 heteroatoms. The molecule has 1 aromatic rings. The van der Waals surface area contributed by atoms with Gasteiger partial charge in [0.1, 0.15) is 0 Å². The van der Waals surface area contributed by atoms with E-state index in [-0.39, 0.29) is 0 Å². The van der Waals surface area contributed by atoms with Crippen LogP contribution in [0.2, 0.25) is 0 Å². The second kappa shape index (κ2) is 10.1. The van der Waals surface area contributed by atoms with Gasteiger partial charge in [0.2, 0.25) is 0 Å². The highest BCUT2D eigenvalue weighted by Gasteiger charge is 1.97. The largest absolute Gasteiger partial charge is 0.383 e. The van der Waals surface area contributed by atoms with E-state index < -0.39 is 0 Å². The summed E-state index contributed by atoms with van der Waals surface area (Å²) in [6, 6.07) is 4.36. The average Bonchev–Trinajstić information content (AvgIpc) is 2.73. The van der Waals surface area contributed by atoms with E-state index in [4.69, 9.17) is 4.74 Å². The average molecular weight is 320 g/mol. The molecule has 2 nitrogen and oxygen atoms in total.